The number of nitrogens with one attached hydrogen (secondary N) is 5. The smallest absolute Gasteiger partial charge is 0.327 e. The summed E-state index contributed by atoms with van der Waals surface area (Å²) in [4.78, 5) is 101. The molecule has 5 amide bonds. The molecule has 0 aromatic carbocycles. The van der Waals surface area contributed by atoms with Gasteiger partial charge < -0.3 is 53.4 Å². The molecule has 0 saturated carbocycles. The van der Waals surface area contributed by atoms with Crippen molar-refractivity contribution >= 4 is 64.2 Å². The van der Waals surface area contributed by atoms with Gasteiger partial charge in [-0.15, -0.1) is 0 Å². The summed E-state index contributed by atoms with van der Waals surface area (Å²) in [5.74, 6) is -12.3. The fourth-order valence-corrected chi connectivity index (χ4v) is 4.51. The van der Waals surface area contributed by atoms with Gasteiger partial charge in [0.1, 0.15) is 29.9 Å². The largest absolute Gasteiger partial charge is 0.481 e. The minimum atomic E-state index is -2.30. The Kier molecular flexibility index (Phi) is 14.3. The first kappa shape index (κ1) is 35.2. The molecule has 234 valence electrons. The van der Waals surface area contributed by atoms with E-state index >= 15 is 0 Å². The molecular formula is C21H32N8O12S. The van der Waals surface area contributed by atoms with Crippen LogP contribution in [0.2, 0.25) is 0 Å². The number of nitrogens with two attached hydrogens (primary N) is 2. The van der Waals surface area contributed by atoms with Crippen molar-refractivity contribution < 1.29 is 57.9 Å². The van der Waals surface area contributed by atoms with E-state index < -0.39 is 113 Å². The van der Waals surface area contributed by atoms with Gasteiger partial charge in [-0.25, -0.2) is 4.79 Å². The number of hydrogen-bond donors (Lipinski definition) is 10. The minimum absolute atomic E-state index is 0.0207. The number of nitrogens with zero attached hydrogens (tertiary/aromatic N) is 1. The van der Waals surface area contributed by atoms with Gasteiger partial charge in [-0.2, -0.15) is 0 Å². The van der Waals surface area contributed by atoms with Crippen LogP contribution < -0.4 is 38.1 Å². The molecule has 0 radical (unpaired) electrons. The van der Waals surface area contributed by atoms with E-state index in [0.717, 1.165) is 0 Å². The molecule has 0 bridgehead atoms. The van der Waals surface area contributed by atoms with Crippen LogP contribution in [0.15, 0.2) is 4.99 Å². The van der Waals surface area contributed by atoms with E-state index in [9.17, 15) is 52.8 Å². The number of rotatable bonds is 9. The number of amides is 5. The van der Waals surface area contributed by atoms with Crippen LogP contribution in [0, 0.1) is 0 Å². The van der Waals surface area contributed by atoms with Gasteiger partial charge in [0, 0.05) is 17.3 Å². The van der Waals surface area contributed by atoms with Crippen LogP contribution in [-0.4, -0.2) is 122 Å². The van der Waals surface area contributed by atoms with Crippen molar-refractivity contribution in [1.82, 2.24) is 26.6 Å². The molecule has 1 fully saturated rings. The Morgan fingerprint density at radius 3 is 1.88 bits per heavy atom. The number of guanidine groups is 1. The van der Waals surface area contributed by atoms with Crippen LogP contribution in [0.5, 0.6) is 0 Å². The normalized spacial score (nSPS) is 24.8. The number of carboxylic acid groups (broad SMARTS) is 3. The molecule has 0 aliphatic carbocycles. The molecule has 1 aliphatic heterocycles. The van der Waals surface area contributed by atoms with Crippen molar-refractivity contribution in [3.05, 3.63) is 0 Å². The zero-order valence-corrected chi connectivity index (χ0v) is 22.8. The fraction of sp³-hybridized carbons (Fsp3) is 0.571. The molecule has 1 unspecified atom stereocenters. The molecule has 1 saturated heterocycles. The maximum Gasteiger partial charge on any atom is 0.327 e. The lowest BCUT2D eigenvalue weighted by Gasteiger charge is -2.23. The van der Waals surface area contributed by atoms with Crippen molar-refractivity contribution in [3.63, 3.8) is 0 Å². The molecular weight excluding hydrogens is 588 g/mol. The number of hydrogen-bond acceptors (Lipinski definition) is 10. The molecule has 20 nitrogen and oxygen atoms in total. The highest BCUT2D eigenvalue weighted by molar-refractivity contribution is 7.85. The zero-order chi connectivity index (χ0) is 32.0. The molecule has 1 rings (SSSR count). The Hall–Kier alpha value is -4.82. The average molecular weight is 621 g/mol. The van der Waals surface area contributed by atoms with Gasteiger partial charge in [0.15, 0.2) is 5.96 Å². The summed E-state index contributed by atoms with van der Waals surface area (Å²) in [5.41, 5.74) is 10.5. The molecule has 0 spiro atoms. The van der Waals surface area contributed by atoms with Crippen LogP contribution in [0.25, 0.3) is 0 Å². The predicted molar refractivity (Wildman–Crippen MR) is 141 cm³/mol. The summed E-state index contributed by atoms with van der Waals surface area (Å²) < 4.78 is 12.5. The molecule has 0 aromatic heterocycles. The van der Waals surface area contributed by atoms with Gasteiger partial charge >= 0.3 is 17.9 Å². The first-order valence-corrected chi connectivity index (χ1v) is 13.6. The quantitative estimate of drug-likeness (QED) is 0.0651. The summed E-state index contributed by atoms with van der Waals surface area (Å²) in [7, 11) is -2.30. The molecule has 0 aromatic rings. The number of carbonyl (C=O) groups excluding carboxylic acids is 5. The Morgan fingerprint density at radius 2 is 1.36 bits per heavy atom. The Balaban J connectivity index is 3.35. The van der Waals surface area contributed by atoms with Crippen molar-refractivity contribution in [3.8, 4) is 0 Å². The number of carbonyl (C=O) groups is 8. The second-order valence-electron chi connectivity index (χ2n) is 8.81. The topological polar surface area (TPSA) is 339 Å². The number of carboxylic acids is 3. The molecule has 42 heavy (non-hydrogen) atoms. The van der Waals surface area contributed by atoms with Crippen LogP contribution in [0.3, 0.4) is 0 Å². The molecule has 5 atom stereocenters. The third-order valence-corrected chi connectivity index (χ3v) is 6.61. The van der Waals surface area contributed by atoms with Crippen LogP contribution in [-0.2, 0) is 49.2 Å². The van der Waals surface area contributed by atoms with E-state index in [2.05, 4.69) is 20.9 Å². The highest BCUT2D eigenvalue weighted by atomic mass is 32.2. The monoisotopic (exact) mass is 620 g/mol. The molecule has 1 heterocycles. The summed E-state index contributed by atoms with van der Waals surface area (Å²) in [6.45, 7) is -0.808. The number of aliphatic carboxylic acids is 3. The van der Waals surface area contributed by atoms with Gasteiger partial charge in [0.2, 0.25) is 29.5 Å². The summed E-state index contributed by atoms with van der Waals surface area (Å²) >= 11 is 0. The van der Waals surface area contributed by atoms with E-state index in [4.69, 9.17) is 16.6 Å². The first-order chi connectivity index (χ1) is 19.6. The average Bonchev–Trinajstić information content (AvgIpc) is 2.86. The molecule has 21 heteroatoms. The zero-order valence-electron chi connectivity index (χ0n) is 22.0. The predicted octanol–water partition coefficient (Wildman–Crippen LogP) is -6.11. The third kappa shape index (κ3) is 13.5. The van der Waals surface area contributed by atoms with E-state index in [1.807, 2.05) is 10.6 Å². The van der Waals surface area contributed by atoms with Crippen molar-refractivity contribution in [2.45, 2.75) is 49.9 Å². The maximum absolute atomic E-state index is 12.9. The lowest BCUT2D eigenvalue weighted by Crippen LogP contribution is -2.57. The van der Waals surface area contributed by atoms with Crippen molar-refractivity contribution in [2.75, 3.05) is 24.6 Å². The Bertz CT molecular complexity index is 1140. The van der Waals surface area contributed by atoms with Crippen molar-refractivity contribution in [1.29, 1.82) is 0 Å². The molecule has 1 aliphatic rings. The van der Waals surface area contributed by atoms with E-state index in [1.54, 1.807) is 0 Å². The van der Waals surface area contributed by atoms with E-state index in [0.29, 0.717) is 0 Å². The summed E-state index contributed by atoms with van der Waals surface area (Å²) in [5, 5.41) is 38.2. The van der Waals surface area contributed by atoms with Crippen LogP contribution in [0.1, 0.15) is 25.7 Å². The second kappa shape index (κ2) is 17.1. The van der Waals surface area contributed by atoms with Crippen LogP contribution >= 0.6 is 0 Å². The lowest BCUT2D eigenvalue weighted by atomic mass is 10.1. The maximum atomic E-state index is 12.9. The van der Waals surface area contributed by atoms with Gasteiger partial charge in [-0.1, -0.05) is 0 Å². The van der Waals surface area contributed by atoms with Gasteiger partial charge in [-0.3, -0.25) is 42.8 Å². The van der Waals surface area contributed by atoms with E-state index in [-0.39, 0.29) is 25.3 Å². The SMILES string of the molecule is NC(N)=NCCC[C@@H]1NC(=O)[C@H](CC(=O)O)NC(=O)CS(=O)C[C@@H](C(=O)O)NC(=O)[C@H](CC(=O)O)NC(=O)CNC1=O. The lowest BCUT2D eigenvalue weighted by molar-refractivity contribution is -0.143. The second-order valence-corrected chi connectivity index (χ2v) is 10.3. The third-order valence-electron chi connectivity index (χ3n) is 5.32. The first-order valence-electron chi connectivity index (χ1n) is 12.1. The molecule has 12 N–H and O–H groups in total. The van der Waals surface area contributed by atoms with Crippen LogP contribution in [0.4, 0.5) is 0 Å². The van der Waals surface area contributed by atoms with Gasteiger partial charge in [0.25, 0.3) is 0 Å². The Labute approximate surface area is 239 Å². The van der Waals surface area contributed by atoms with Gasteiger partial charge in [-0.05, 0) is 12.8 Å². The summed E-state index contributed by atoms with van der Waals surface area (Å²) in [6.07, 6.45) is -1.96. The highest BCUT2D eigenvalue weighted by Crippen LogP contribution is 2.03. The highest BCUT2D eigenvalue weighted by Gasteiger charge is 2.32. The minimum Gasteiger partial charge on any atom is -0.481 e. The summed E-state index contributed by atoms with van der Waals surface area (Å²) in [6, 6.07) is -6.86. The Morgan fingerprint density at radius 1 is 0.810 bits per heavy atom. The van der Waals surface area contributed by atoms with E-state index in [1.165, 1.54) is 0 Å². The van der Waals surface area contributed by atoms with Gasteiger partial charge in [0.05, 0.1) is 25.1 Å². The number of aliphatic imine (C=N–C) groups is 1. The fourth-order valence-electron chi connectivity index (χ4n) is 3.42. The standard InChI is InChI=1S/C21H32N8O12S/c22-21(23)24-3-1-2-9-17(36)25-6-13(30)26-10(4-15(32)33)19(38)29-12(20(39)40)7-42(41)8-14(31)27-11(5-16(34)35)18(37)28-9/h9-12H,1-8H2,(H,25,36)(H,26,30)(H,27,31)(H,28,37)(H,29,38)(H,32,33)(H,34,35)(H,39,40)(H4,22,23,24)/t9-,10-,11-,12-,42?/m0/s1. The van der Waals surface area contributed by atoms with Crippen molar-refractivity contribution in [2.24, 2.45) is 16.5 Å².